The summed E-state index contributed by atoms with van der Waals surface area (Å²) in [5, 5.41) is 12.5. The number of nitrogens with one attached hydrogen (secondary N) is 1. The summed E-state index contributed by atoms with van der Waals surface area (Å²) in [6.45, 7) is 4.50. The highest BCUT2D eigenvalue weighted by molar-refractivity contribution is 5.18. The molecule has 0 spiro atoms. The monoisotopic (exact) mass is 229 g/mol. The zero-order valence-electron chi connectivity index (χ0n) is 9.56. The van der Waals surface area contributed by atoms with Crippen LogP contribution in [0.4, 0.5) is 8.78 Å². The molecule has 0 aliphatic carbocycles. The average molecular weight is 229 g/mol. The molecule has 0 aliphatic rings. The second-order valence-electron chi connectivity index (χ2n) is 4.49. The van der Waals surface area contributed by atoms with Crippen molar-refractivity contribution in [2.24, 2.45) is 0 Å². The van der Waals surface area contributed by atoms with Crippen molar-refractivity contribution in [3.05, 3.63) is 35.4 Å². The van der Waals surface area contributed by atoms with Crippen molar-refractivity contribution in [3.63, 3.8) is 0 Å². The van der Waals surface area contributed by atoms with E-state index in [-0.39, 0.29) is 0 Å². The van der Waals surface area contributed by atoms with Crippen LogP contribution in [0.1, 0.15) is 19.4 Å². The molecular formula is C12H17F2NO. The Morgan fingerprint density at radius 3 is 2.50 bits per heavy atom. The molecule has 0 bridgehead atoms. The summed E-state index contributed by atoms with van der Waals surface area (Å²) in [6, 6.07) is 3.88. The molecule has 0 amide bonds. The van der Waals surface area contributed by atoms with Gasteiger partial charge in [0.1, 0.15) is 0 Å². The Bertz CT molecular complexity index is 347. The highest BCUT2D eigenvalue weighted by atomic mass is 19.2. The van der Waals surface area contributed by atoms with Crippen LogP contribution >= 0.6 is 0 Å². The van der Waals surface area contributed by atoms with Gasteiger partial charge in [-0.3, -0.25) is 0 Å². The second kappa shape index (κ2) is 5.37. The molecule has 1 aromatic rings. The molecule has 0 saturated carbocycles. The summed E-state index contributed by atoms with van der Waals surface area (Å²) >= 11 is 0. The van der Waals surface area contributed by atoms with Gasteiger partial charge in [-0.1, -0.05) is 6.07 Å². The van der Waals surface area contributed by atoms with E-state index < -0.39 is 17.2 Å². The van der Waals surface area contributed by atoms with Crippen LogP contribution in [-0.2, 0) is 6.42 Å². The third-order valence-corrected chi connectivity index (χ3v) is 2.13. The number of hydrogen-bond donors (Lipinski definition) is 2. The molecule has 2 N–H and O–H groups in total. The van der Waals surface area contributed by atoms with Gasteiger partial charge in [-0.05, 0) is 44.5 Å². The second-order valence-corrected chi connectivity index (χ2v) is 4.49. The van der Waals surface area contributed by atoms with E-state index in [0.717, 1.165) is 11.6 Å². The van der Waals surface area contributed by atoms with Gasteiger partial charge in [-0.15, -0.1) is 0 Å². The Morgan fingerprint density at radius 1 is 1.25 bits per heavy atom. The molecule has 16 heavy (non-hydrogen) atoms. The molecule has 0 aromatic heterocycles. The Balaban J connectivity index is 2.35. The van der Waals surface area contributed by atoms with Gasteiger partial charge in [-0.2, -0.15) is 0 Å². The van der Waals surface area contributed by atoms with Gasteiger partial charge < -0.3 is 10.4 Å². The van der Waals surface area contributed by atoms with Crippen LogP contribution in [0.3, 0.4) is 0 Å². The average Bonchev–Trinajstić information content (AvgIpc) is 2.17. The van der Waals surface area contributed by atoms with Crippen LogP contribution in [0.5, 0.6) is 0 Å². The van der Waals surface area contributed by atoms with Crippen LogP contribution in [0, 0.1) is 11.6 Å². The third kappa shape index (κ3) is 4.68. The molecule has 0 saturated heterocycles. The Kier molecular flexibility index (Phi) is 4.38. The molecule has 0 heterocycles. The van der Waals surface area contributed by atoms with E-state index in [1.165, 1.54) is 6.07 Å². The largest absolute Gasteiger partial charge is 0.389 e. The van der Waals surface area contributed by atoms with Gasteiger partial charge in [-0.25, -0.2) is 8.78 Å². The number of rotatable bonds is 5. The first-order valence-corrected chi connectivity index (χ1v) is 5.25. The molecule has 0 fully saturated rings. The van der Waals surface area contributed by atoms with Crippen LogP contribution in [0.2, 0.25) is 0 Å². The molecule has 0 aliphatic heterocycles. The van der Waals surface area contributed by atoms with Crippen molar-refractivity contribution in [2.45, 2.75) is 25.9 Å². The lowest BCUT2D eigenvalue weighted by molar-refractivity contribution is 0.0801. The van der Waals surface area contributed by atoms with Crippen molar-refractivity contribution >= 4 is 0 Å². The molecule has 0 radical (unpaired) electrons. The lowest BCUT2D eigenvalue weighted by Crippen LogP contribution is -2.35. The number of halogens is 2. The van der Waals surface area contributed by atoms with Crippen molar-refractivity contribution in [1.29, 1.82) is 0 Å². The number of benzene rings is 1. The van der Waals surface area contributed by atoms with Crippen LogP contribution < -0.4 is 5.32 Å². The first kappa shape index (κ1) is 13.1. The fraction of sp³-hybridized carbons (Fsp3) is 0.500. The van der Waals surface area contributed by atoms with Crippen molar-refractivity contribution < 1.29 is 13.9 Å². The minimum atomic E-state index is -0.826. The predicted molar refractivity (Wildman–Crippen MR) is 59.2 cm³/mol. The summed E-state index contributed by atoms with van der Waals surface area (Å²) in [6.07, 6.45) is 0.604. The molecular weight excluding hydrogens is 212 g/mol. The van der Waals surface area contributed by atoms with Gasteiger partial charge >= 0.3 is 0 Å². The molecule has 1 rings (SSSR count). The summed E-state index contributed by atoms with van der Waals surface area (Å²) in [5.74, 6) is -1.65. The van der Waals surface area contributed by atoms with Crippen LogP contribution in [-0.4, -0.2) is 23.8 Å². The third-order valence-electron chi connectivity index (χ3n) is 2.13. The fourth-order valence-corrected chi connectivity index (χ4v) is 1.32. The maximum Gasteiger partial charge on any atom is 0.159 e. The Labute approximate surface area is 94.3 Å². The Morgan fingerprint density at radius 2 is 1.94 bits per heavy atom. The van der Waals surface area contributed by atoms with Gasteiger partial charge in [0, 0.05) is 6.54 Å². The van der Waals surface area contributed by atoms with Crippen molar-refractivity contribution in [3.8, 4) is 0 Å². The van der Waals surface area contributed by atoms with Gasteiger partial charge in [0.25, 0.3) is 0 Å². The maximum atomic E-state index is 12.8. The molecule has 1 aromatic carbocycles. The van der Waals surface area contributed by atoms with Gasteiger partial charge in [0.2, 0.25) is 0 Å². The topological polar surface area (TPSA) is 32.3 Å². The molecule has 90 valence electrons. The minimum absolute atomic E-state index is 0.469. The zero-order valence-corrected chi connectivity index (χ0v) is 9.56. The quantitative estimate of drug-likeness (QED) is 0.755. The molecule has 4 heteroatoms. The summed E-state index contributed by atoms with van der Waals surface area (Å²) < 4.78 is 25.5. The summed E-state index contributed by atoms with van der Waals surface area (Å²) in [5.41, 5.74) is -0.0178. The van der Waals surface area contributed by atoms with E-state index in [9.17, 15) is 13.9 Å². The van der Waals surface area contributed by atoms with E-state index in [1.54, 1.807) is 19.9 Å². The normalized spacial score (nSPS) is 11.8. The van der Waals surface area contributed by atoms with Crippen LogP contribution in [0.15, 0.2) is 18.2 Å². The van der Waals surface area contributed by atoms with Gasteiger partial charge in [0.05, 0.1) is 5.60 Å². The lowest BCUT2D eigenvalue weighted by atomic mass is 10.1. The zero-order chi connectivity index (χ0) is 12.2. The molecule has 0 unspecified atom stereocenters. The van der Waals surface area contributed by atoms with E-state index in [4.69, 9.17) is 0 Å². The fourth-order valence-electron chi connectivity index (χ4n) is 1.32. The SMILES string of the molecule is CC(C)(O)CNCCc1ccc(F)c(F)c1. The standard InChI is InChI=1S/C12H17F2NO/c1-12(2,16)8-15-6-5-9-3-4-10(13)11(14)7-9/h3-4,7,15-16H,5-6,8H2,1-2H3. The summed E-state index contributed by atoms with van der Waals surface area (Å²) in [7, 11) is 0. The van der Waals surface area contributed by atoms with Crippen molar-refractivity contribution in [2.75, 3.05) is 13.1 Å². The van der Waals surface area contributed by atoms with Crippen LogP contribution in [0.25, 0.3) is 0 Å². The molecule has 2 nitrogen and oxygen atoms in total. The Hall–Kier alpha value is -1.00. The van der Waals surface area contributed by atoms with E-state index in [0.29, 0.717) is 19.5 Å². The van der Waals surface area contributed by atoms with E-state index in [1.807, 2.05) is 0 Å². The lowest BCUT2D eigenvalue weighted by Gasteiger charge is -2.17. The minimum Gasteiger partial charge on any atom is -0.389 e. The highest BCUT2D eigenvalue weighted by Crippen LogP contribution is 2.08. The van der Waals surface area contributed by atoms with Crippen molar-refractivity contribution in [1.82, 2.24) is 5.32 Å². The first-order valence-electron chi connectivity index (χ1n) is 5.25. The number of aliphatic hydroxyl groups is 1. The number of hydrogen-bond acceptors (Lipinski definition) is 2. The molecule has 0 atom stereocenters. The maximum absolute atomic E-state index is 12.8. The predicted octanol–water partition coefficient (Wildman–Crippen LogP) is 1.87. The highest BCUT2D eigenvalue weighted by Gasteiger charge is 2.10. The summed E-state index contributed by atoms with van der Waals surface area (Å²) in [4.78, 5) is 0. The van der Waals surface area contributed by atoms with E-state index >= 15 is 0 Å². The first-order chi connectivity index (χ1) is 7.38. The smallest absolute Gasteiger partial charge is 0.159 e. The van der Waals surface area contributed by atoms with Gasteiger partial charge in [0.15, 0.2) is 11.6 Å². The van der Waals surface area contributed by atoms with E-state index in [2.05, 4.69) is 5.32 Å².